The summed E-state index contributed by atoms with van der Waals surface area (Å²) in [5.74, 6) is 0.939. The molecule has 2 heterocycles. The van der Waals surface area contributed by atoms with Gasteiger partial charge in [0, 0.05) is 25.7 Å². The number of piperidine rings is 1. The van der Waals surface area contributed by atoms with Gasteiger partial charge in [0.1, 0.15) is 5.54 Å². The van der Waals surface area contributed by atoms with Gasteiger partial charge in [-0.25, -0.2) is 0 Å². The molecule has 0 aromatic heterocycles. The third kappa shape index (κ3) is 3.86. The van der Waals surface area contributed by atoms with Gasteiger partial charge in [0.05, 0.1) is 6.67 Å². The predicted molar refractivity (Wildman–Crippen MR) is 114 cm³/mol. The molecule has 2 saturated heterocycles. The van der Waals surface area contributed by atoms with Crippen molar-refractivity contribution in [2.24, 2.45) is 0 Å². The molecule has 1 aliphatic carbocycles. The molecule has 2 atom stereocenters. The number of benzene rings is 1. The van der Waals surface area contributed by atoms with Crippen molar-refractivity contribution in [3.63, 3.8) is 0 Å². The monoisotopic (exact) mass is 383 g/mol. The van der Waals surface area contributed by atoms with Crippen LogP contribution in [0.2, 0.25) is 0 Å². The Morgan fingerprint density at radius 3 is 2.57 bits per heavy atom. The SMILES string of the molecule is CCCCCN1CNC(=O)C12CCN([C@@H]1CCCC[C@@H]1c1ccccc1)CC2. The van der Waals surface area contributed by atoms with Gasteiger partial charge in [0.15, 0.2) is 0 Å². The molecule has 1 aromatic rings. The summed E-state index contributed by atoms with van der Waals surface area (Å²) in [5, 5.41) is 3.15. The second-order valence-corrected chi connectivity index (χ2v) is 9.07. The molecule has 1 N–H and O–H groups in total. The average molecular weight is 384 g/mol. The number of hydrogen-bond acceptors (Lipinski definition) is 3. The zero-order chi connectivity index (χ0) is 19.4. The molecule has 1 amide bonds. The lowest BCUT2D eigenvalue weighted by Crippen LogP contribution is -2.58. The minimum atomic E-state index is -0.235. The van der Waals surface area contributed by atoms with E-state index < -0.39 is 0 Å². The second kappa shape index (κ2) is 8.96. The van der Waals surface area contributed by atoms with Gasteiger partial charge in [-0.1, -0.05) is 62.9 Å². The number of carbonyl (C=O) groups is 1. The van der Waals surface area contributed by atoms with Gasteiger partial charge in [0.2, 0.25) is 5.91 Å². The summed E-state index contributed by atoms with van der Waals surface area (Å²) in [6, 6.07) is 11.8. The molecule has 4 heteroatoms. The number of carbonyl (C=O) groups excluding carboxylic acids is 1. The Balaban J connectivity index is 1.43. The lowest BCUT2D eigenvalue weighted by atomic mass is 9.77. The van der Waals surface area contributed by atoms with Gasteiger partial charge in [-0.3, -0.25) is 14.6 Å². The topological polar surface area (TPSA) is 35.6 Å². The maximum atomic E-state index is 12.8. The van der Waals surface area contributed by atoms with Crippen molar-refractivity contribution in [1.29, 1.82) is 0 Å². The second-order valence-electron chi connectivity index (χ2n) is 9.07. The standard InChI is InChI=1S/C24H37N3O/c1-2-3-9-16-27-19-25-23(28)24(27)14-17-26(18-15-24)22-13-8-7-12-21(22)20-10-5-4-6-11-20/h4-6,10-11,21-22H,2-3,7-9,12-19H2,1H3,(H,25,28)/t21-,22-/m1/s1. The lowest BCUT2D eigenvalue weighted by Gasteiger charge is -2.47. The maximum absolute atomic E-state index is 12.8. The normalized spacial score (nSPS) is 28.5. The first-order valence-corrected chi connectivity index (χ1v) is 11.6. The lowest BCUT2D eigenvalue weighted by molar-refractivity contribution is -0.129. The molecule has 0 bridgehead atoms. The quantitative estimate of drug-likeness (QED) is 0.751. The van der Waals surface area contributed by atoms with Crippen molar-refractivity contribution in [3.05, 3.63) is 35.9 Å². The van der Waals surface area contributed by atoms with Crippen LogP contribution in [0.1, 0.15) is 76.2 Å². The van der Waals surface area contributed by atoms with Crippen molar-refractivity contribution >= 4 is 5.91 Å². The Hall–Kier alpha value is -1.39. The summed E-state index contributed by atoms with van der Waals surface area (Å²) in [7, 11) is 0. The Morgan fingerprint density at radius 1 is 1.07 bits per heavy atom. The molecule has 1 aromatic carbocycles. The molecule has 28 heavy (non-hydrogen) atoms. The summed E-state index contributed by atoms with van der Waals surface area (Å²) in [5.41, 5.74) is 1.27. The van der Waals surface area contributed by atoms with E-state index in [0.29, 0.717) is 12.0 Å². The number of likely N-dealkylation sites (tertiary alicyclic amines) is 1. The summed E-state index contributed by atoms with van der Waals surface area (Å²) in [6.45, 7) is 6.17. The highest BCUT2D eigenvalue weighted by atomic mass is 16.2. The van der Waals surface area contributed by atoms with Crippen LogP contribution in [0, 0.1) is 0 Å². The van der Waals surface area contributed by atoms with Crippen LogP contribution < -0.4 is 5.32 Å². The fourth-order valence-electron chi connectivity index (χ4n) is 5.88. The summed E-state index contributed by atoms with van der Waals surface area (Å²) in [4.78, 5) is 18.0. The van der Waals surface area contributed by atoms with Gasteiger partial charge < -0.3 is 5.32 Å². The van der Waals surface area contributed by atoms with E-state index in [2.05, 4.69) is 52.4 Å². The highest BCUT2D eigenvalue weighted by Gasteiger charge is 2.50. The molecule has 3 aliphatic rings. The van der Waals surface area contributed by atoms with Crippen LogP contribution in [0.3, 0.4) is 0 Å². The fraction of sp³-hybridized carbons (Fsp3) is 0.708. The van der Waals surface area contributed by atoms with Crippen molar-refractivity contribution in [3.8, 4) is 0 Å². The van der Waals surface area contributed by atoms with Gasteiger partial charge in [-0.2, -0.15) is 0 Å². The van der Waals surface area contributed by atoms with E-state index in [1.807, 2.05) is 0 Å². The van der Waals surface area contributed by atoms with E-state index in [4.69, 9.17) is 0 Å². The van der Waals surface area contributed by atoms with E-state index in [0.717, 1.165) is 39.1 Å². The molecule has 0 radical (unpaired) electrons. The Morgan fingerprint density at radius 2 is 1.82 bits per heavy atom. The highest BCUT2D eigenvalue weighted by molar-refractivity contribution is 5.88. The van der Waals surface area contributed by atoms with Crippen molar-refractivity contribution < 1.29 is 4.79 Å². The third-order valence-corrected chi connectivity index (χ3v) is 7.54. The molecule has 0 unspecified atom stereocenters. The highest BCUT2D eigenvalue weighted by Crippen LogP contribution is 2.40. The number of rotatable bonds is 6. The summed E-state index contributed by atoms with van der Waals surface area (Å²) in [6.07, 6.45) is 11.0. The summed E-state index contributed by atoms with van der Waals surface area (Å²) >= 11 is 0. The zero-order valence-electron chi connectivity index (χ0n) is 17.5. The molecular weight excluding hydrogens is 346 g/mol. The average Bonchev–Trinajstić information content (AvgIpc) is 3.05. The number of nitrogens with zero attached hydrogens (tertiary/aromatic N) is 2. The molecule has 4 rings (SSSR count). The smallest absolute Gasteiger partial charge is 0.241 e. The van der Waals surface area contributed by atoms with E-state index >= 15 is 0 Å². The van der Waals surface area contributed by atoms with Crippen LogP contribution in [-0.4, -0.2) is 53.6 Å². The Kier molecular flexibility index (Phi) is 6.37. The number of amides is 1. The van der Waals surface area contributed by atoms with Crippen LogP contribution in [0.25, 0.3) is 0 Å². The molecule has 154 valence electrons. The molecule has 3 fully saturated rings. The number of unbranched alkanes of at least 4 members (excludes halogenated alkanes) is 2. The van der Waals surface area contributed by atoms with E-state index in [-0.39, 0.29) is 11.4 Å². The van der Waals surface area contributed by atoms with Crippen molar-refractivity contribution in [1.82, 2.24) is 15.1 Å². The van der Waals surface area contributed by atoms with Crippen LogP contribution in [0.15, 0.2) is 30.3 Å². The van der Waals surface area contributed by atoms with Crippen molar-refractivity contribution in [2.75, 3.05) is 26.3 Å². The minimum absolute atomic E-state index is 0.235. The molecular formula is C24H37N3O. The number of hydrogen-bond donors (Lipinski definition) is 1. The molecule has 1 spiro atoms. The predicted octanol–water partition coefficient (Wildman–Crippen LogP) is 4.13. The van der Waals surface area contributed by atoms with Gasteiger partial charge in [-0.15, -0.1) is 0 Å². The van der Waals surface area contributed by atoms with Crippen LogP contribution in [0.5, 0.6) is 0 Å². The van der Waals surface area contributed by atoms with Crippen LogP contribution in [-0.2, 0) is 4.79 Å². The Bertz CT molecular complexity index is 639. The van der Waals surface area contributed by atoms with Crippen LogP contribution in [0.4, 0.5) is 0 Å². The summed E-state index contributed by atoms with van der Waals surface area (Å²) < 4.78 is 0. The molecule has 4 nitrogen and oxygen atoms in total. The van der Waals surface area contributed by atoms with E-state index in [1.54, 1.807) is 0 Å². The molecule has 1 saturated carbocycles. The Labute approximate surface area is 170 Å². The zero-order valence-corrected chi connectivity index (χ0v) is 17.5. The third-order valence-electron chi connectivity index (χ3n) is 7.54. The maximum Gasteiger partial charge on any atom is 0.241 e. The van der Waals surface area contributed by atoms with Crippen LogP contribution >= 0.6 is 0 Å². The largest absolute Gasteiger partial charge is 0.342 e. The first-order valence-electron chi connectivity index (χ1n) is 11.6. The van der Waals surface area contributed by atoms with E-state index in [9.17, 15) is 4.79 Å². The number of nitrogens with one attached hydrogen (secondary N) is 1. The fourth-order valence-corrected chi connectivity index (χ4v) is 5.88. The van der Waals surface area contributed by atoms with Gasteiger partial charge in [-0.05, 0) is 43.6 Å². The van der Waals surface area contributed by atoms with E-state index in [1.165, 1.54) is 50.5 Å². The first kappa shape index (κ1) is 19.9. The molecule has 2 aliphatic heterocycles. The van der Waals surface area contributed by atoms with Crippen molar-refractivity contribution in [2.45, 2.75) is 82.2 Å². The van der Waals surface area contributed by atoms with Gasteiger partial charge >= 0.3 is 0 Å². The van der Waals surface area contributed by atoms with Gasteiger partial charge in [0.25, 0.3) is 0 Å². The first-order chi connectivity index (χ1) is 13.7. The minimum Gasteiger partial charge on any atom is -0.342 e.